The number of benzene rings is 2. The minimum absolute atomic E-state index is 0.315. The van der Waals surface area contributed by atoms with Gasteiger partial charge in [-0.15, -0.1) is 0 Å². The molecule has 1 nitrogen and oxygen atoms in total. The van der Waals surface area contributed by atoms with Gasteiger partial charge in [0.05, 0.1) is 6.04 Å². The summed E-state index contributed by atoms with van der Waals surface area (Å²) in [6.07, 6.45) is 0. The van der Waals surface area contributed by atoms with Crippen molar-refractivity contribution in [1.82, 2.24) is 0 Å². The van der Waals surface area contributed by atoms with Gasteiger partial charge in [0, 0.05) is 9.13 Å². The minimum atomic E-state index is -0.590. The molecule has 0 bridgehead atoms. The van der Waals surface area contributed by atoms with Crippen LogP contribution in [0.1, 0.15) is 28.3 Å². The fraction of sp³-hybridized carbons (Fsp3) is 0.200. The van der Waals surface area contributed by atoms with Crippen molar-refractivity contribution in [3.05, 3.63) is 67.8 Å². The van der Waals surface area contributed by atoms with Gasteiger partial charge in [0.2, 0.25) is 0 Å². The van der Waals surface area contributed by atoms with Gasteiger partial charge in [0.1, 0.15) is 11.6 Å². The Hall–Kier alpha value is -1.01. The molecule has 0 aliphatic heterocycles. The monoisotopic (exact) mass is 373 g/mol. The first kappa shape index (κ1) is 14.4. The third-order valence-electron chi connectivity index (χ3n) is 3.09. The zero-order valence-corrected chi connectivity index (χ0v) is 12.8. The molecular formula is C15H14F2IN. The molecule has 2 rings (SSSR count). The van der Waals surface area contributed by atoms with Gasteiger partial charge in [-0.2, -0.15) is 0 Å². The van der Waals surface area contributed by atoms with Gasteiger partial charge < -0.3 is 5.73 Å². The molecule has 0 saturated carbocycles. The second-order valence-corrected chi connectivity index (χ2v) is 5.78. The minimum Gasteiger partial charge on any atom is -0.320 e. The molecule has 2 aromatic rings. The van der Waals surface area contributed by atoms with Crippen LogP contribution in [0.15, 0.2) is 30.3 Å². The molecule has 2 aromatic carbocycles. The molecule has 0 spiro atoms. The highest BCUT2D eigenvalue weighted by Crippen LogP contribution is 2.29. The molecule has 0 aromatic heterocycles. The third-order valence-corrected chi connectivity index (χ3v) is 4.02. The second kappa shape index (κ2) is 5.54. The molecule has 0 radical (unpaired) electrons. The van der Waals surface area contributed by atoms with Gasteiger partial charge in [0.15, 0.2) is 0 Å². The van der Waals surface area contributed by atoms with Gasteiger partial charge >= 0.3 is 0 Å². The highest BCUT2D eigenvalue weighted by molar-refractivity contribution is 14.1. The predicted molar refractivity (Wildman–Crippen MR) is 81.0 cm³/mol. The van der Waals surface area contributed by atoms with Crippen molar-refractivity contribution in [2.75, 3.05) is 0 Å². The lowest BCUT2D eigenvalue weighted by molar-refractivity contribution is 0.594. The Morgan fingerprint density at radius 1 is 1.11 bits per heavy atom. The number of hydrogen-bond acceptors (Lipinski definition) is 1. The summed E-state index contributed by atoms with van der Waals surface area (Å²) in [5.74, 6) is -0.633. The fourth-order valence-electron chi connectivity index (χ4n) is 2.23. The Balaban J connectivity index is 2.53. The Labute approximate surface area is 125 Å². The Kier molecular flexibility index (Phi) is 4.20. The van der Waals surface area contributed by atoms with E-state index in [1.54, 1.807) is 6.07 Å². The average Bonchev–Trinajstić information content (AvgIpc) is 2.26. The van der Waals surface area contributed by atoms with Crippen molar-refractivity contribution in [2.24, 2.45) is 5.73 Å². The lowest BCUT2D eigenvalue weighted by Gasteiger charge is -2.18. The van der Waals surface area contributed by atoms with Crippen LogP contribution < -0.4 is 5.73 Å². The second-order valence-electron chi connectivity index (χ2n) is 4.62. The summed E-state index contributed by atoms with van der Waals surface area (Å²) < 4.78 is 27.9. The molecule has 2 N–H and O–H groups in total. The largest absolute Gasteiger partial charge is 0.320 e. The number of nitrogens with two attached hydrogens (primary N) is 1. The van der Waals surface area contributed by atoms with Crippen molar-refractivity contribution in [2.45, 2.75) is 19.9 Å². The van der Waals surface area contributed by atoms with Crippen LogP contribution in [0, 0.1) is 29.1 Å². The van der Waals surface area contributed by atoms with Crippen LogP contribution in [0.25, 0.3) is 0 Å². The third kappa shape index (κ3) is 2.95. The van der Waals surface area contributed by atoms with Crippen LogP contribution >= 0.6 is 22.6 Å². The number of aryl methyl sites for hydroxylation is 2. The predicted octanol–water partition coefficient (Wildman–Crippen LogP) is 4.23. The molecule has 0 aliphatic rings. The van der Waals surface area contributed by atoms with Crippen molar-refractivity contribution in [1.29, 1.82) is 0 Å². The molecule has 0 fully saturated rings. The highest BCUT2D eigenvalue weighted by Gasteiger charge is 2.19. The van der Waals surface area contributed by atoms with Gasteiger partial charge in [0.25, 0.3) is 0 Å². The Bertz CT molecular complexity index is 603. The molecule has 100 valence electrons. The van der Waals surface area contributed by atoms with E-state index in [1.807, 2.05) is 42.5 Å². The summed E-state index contributed by atoms with van der Waals surface area (Å²) >= 11 is 2.02. The molecular weight excluding hydrogens is 359 g/mol. The molecule has 0 amide bonds. The first-order valence-corrected chi connectivity index (χ1v) is 6.95. The van der Waals surface area contributed by atoms with E-state index in [1.165, 1.54) is 18.2 Å². The summed E-state index contributed by atoms with van der Waals surface area (Å²) in [6, 6.07) is 7.14. The normalized spacial score (nSPS) is 12.5. The van der Waals surface area contributed by atoms with Crippen LogP contribution in [0.3, 0.4) is 0 Å². The van der Waals surface area contributed by atoms with Crippen molar-refractivity contribution in [3.63, 3.8) is 0 Å². The lowest BCUT2D eigenvalue weighted by atomic mass is 9.94. The van der Waals surface area contributed by atoms with Crippen LogP contribution in [0.5, 0.6) is 0 Å². The summed E-state index contributed by atoms with van der Waals surface area (Å²) in [5.41, 5.74) is 9.02. The summed E-state index contributed by atoms with van der Waals surface area (Å²) in [7, 11) is 0. The lowest BCUT2D eigenvalue weighted by Crippen LogP contribution is -2.17. The molecule has 0 aliphatic carbocycles. The topological polar surface area (TPSA) is 26.0 Å². The number of halogens is 3. The Morgan fingerprint density at radius 2 is 1.79 bits per heavy atom. The SMILES string of the molecule is Cc1cc(C)c(C(N)c2ccc(F)cc2I)c(F)c1. The Morgan fingerprint density at radius 3 is 2.37 bits per heavy atom. The zero-order valence-electron chi connectivity index (χ0n) is 10.7. The standard InChI is InChI=1S/C15H14F2IN/c1-8-5-9(2)14(12(17)6-8)15(19)11-4-3-10(16)7-13(11)18/h3-7,15H,19H2,1-2H3. The van der Waals surface area contributed by atoms with Crippen molar-refractivity contribution in [3.8, 4) is 0 Å². The van der Waals surface area contributed by atoms with Crippen LogP contribution in [-0.2, 0) is 0 Å². The van der Waals surface area contributed by atoms with Gasteiger partial charge in [-0.3, -0.25) is 0 Å². The molecule has 0 heterocycles. The quantitative estimate of drug-likeness (QED) is 0.784. The van der Waals surface area contributed by atoms with Crippen LogP contribution in [0.2, 0.25) is 0 Å². The number of rotatable bonds is 2. The molecule has 1 atom stereocenters. The van der Waals surface area contributed by atoms with E-state index in [9.17, 15) is 8.78 Å². The maximum absolute atomic E-state index is 14.1. The van der Waals surface area contributed by atoms with Gasteiger partial charge in [-0.1, -0.05) is 12.1 Å². The molecule has 0 saturated heterocycles. The van der Waals surface area contributed by atoms with Crippen molar-refractivity contribution >= 4 is 22.6 Å². The van der Waals surface area contributed by atoms with Gasteiger partial charge in [-0.25, -0.2) is 8.78 Å². The summed E-state index contributed by atoms with van der Waals surface area (Å²) in [4.78, 5) is 0. The van der Waals surface area contributed by atoms with E-state index in [4.69, 9.17) is 5.73 Å². The zero-order chi connectivity index (χ0) is 14.2. The fourth-order valence-corrected chi connectivity index (χ4v) is 3.04. The number of hydrogen-bond donors (Lipinski definition) is 1. The maximum Gasteiger partial charge on any atom is 0.128 e. The summed E-state index contributed by atoms with van der Waals surface area (Å²) in [6.45, 7) is 3.68. The highest BCUT2D eigenvalue weighted by atomic mass is 127. The first-order valence-electron chi connectivity index (χ1n) is 5.87. The maximum atomic E-state index is 14.1. The van der Waals surface area contributed by atoms with Gasteiger partial charge in [-0.05, 0) is 71.3 Å². The molecule has 1 unspecified atom stereocenters. The van der Waals surface area contributed by atoms with Crippen LogP contribution in [0.4, 0.5) is 8.78 Å². The molecule has 19 heavy (non-hydrogen) atoms. The average molecular weight is 373 g/mol. The van der Waals surface area contributed by atoms with E-state index < -0.39 is 6.04 Å². The first-order chi connectivity index (χ1) is 8.90. The van der Waals surface area contributed by atoms with Crippen molar-refractivity contribution < 1.29 is 8.78 Å². The molecule has 4 heteroatoms. The van der Waals surface area contributed by atoms with E-state index in [2.05, 4.69) is 0 Å². The van der Waals surface area contributed by atoms with E-state index in [0.29, 0.717) is 9.13 Å². The summed E-state index contributed by atoms with van der Waals surface area (Å²) in [5, 5.41) is 0. The smallest absolute Gasteiger partial charge is 0.128 e. The van der Waals surface area contributed by atoms with E-state index in [0.717, 1.165) is 16.7 Å². The van der Waals surface area contributed by atoms with E-state index in [-0.39, 0.29) is 11.6 Å². The van der Waals surface area contributed by atoms with Crippen LogP contribution in [-0.4, -0.2) is 0 Å². The van der Waals surface area contributed by atoms with E-state index >= 15 is 0 Å².